The second-order valence-corrected chi connectivity index (χ2v) is 8.17. The molecule has 0 radical (unpaired) electrons. The number of nitrogens with zero attached hydrogens (tertiary/aromatic N) is 2. The summed E-state index contributed by atoms with van der Waals surface area (Å²) in [6, 6.07) is 33.8. The highest BCUT2D eigenvalue weighted by Crippen LogP contribution is 2.44. The van der Waals surface area contributed by atoms with Crippen LogP contribution in [0, 0.1) is 0 Å². The summed E-state index contributed by atoms with van der Waals surface area (Å²) in [6.45, 7) is 1.37. The van der Waals surface area contributed by atoms with E-state index < -0.39 is 11.6 Å². The molecule has 1 aromatic heterocycles. The van der Waals surface area contributed by atoms with Crippen LogP contribution in [0.1, 0.15) is 28.9 Å². The first kappa shape index (κ1) is 20.4. The Labute approximate surface area is 188 Å². The Balaban J connectivity index is 1.71. The summed E-state index contributed by atoms with van der Waals surface area (Å²) in [4.78, 5) is 2.47. The summed E-state index contributed by atoms with van der Waals surface area (Å²) in [5.74, 6) is 0.658. The highest BCUT2D eigenvalue weighted by Gasteiger charge is 2.44. The monoisotopic (exact) mass is 422 g/mol. The molecule has 1 unspecified atom stereocenters. The molecule has 1 atom stereocenters. The fourth-order valence-corrected chi connectivity index (χ4v) is 4.87. The maximum atomic E-state index is 10.8. The molecule has 0 bridgehead atoms. The minimum absolute atomic E-state index is 0.496. The Morgan fingerprint density at radius 2 is 1.34 bits per heavy atom. The van der Waals surface area contributed by atoms with Gasteiger partial charge in [-0.25, -0.2) is 0 Å². The third kappa shape index (κ3) is 3.68. The number of hydrogen-bond donors (Lipinski definition) is 1. The van der Waals surface area contributed by atoms with Gasteiger partial charge in [0.2, 0.25) is 0 Å². The smallest absolute Gasteiger partial charge is 0.159 e. The second kappa shape index (κ2) is 8.95. The molecule has 1 saturated heterocycles. The van der Waals surface area contributed by atoms with Crippen molar-refractivity contribution in [2.24, 2.45) is 0 Å². The third-order valence-corrected chi connectivity index (χ3v) is 6.31. The molecule has 5 rings (SSSR count). The van der Waals surface area contributed by atoms with Gasteiger partial charge >= 0.3 is 0 Å². The Bertz CT molecular complexity index is 1060. The van der Waals surface area contributed by atoms with Gasteiger partial charge in [-0.15, -0.1) is 0 Å². The number of aliphatic hydroxyl groups excluding tert-OH is 1. The Kier molecular flexibility index (Phi) is 5.71. The molecule has 2 heterocycles. The van der Waals surface area contributed by atoms with E-state index in [-0.39, 0.29) is 0 Å². The van der Waals surface area contributed by atoms with Gasteiger partial charge < -0.3 is 9.63 Å². The standard InChI is InChI=1S/C28H26N2O2/c31-27-17-19-30(21-22(27)20-26-16-18-29-32-26)28(23-10-4-1-5-11-23,24-12-6-2-7-13-24)25-14-8-3-9-15-25/h1-16,18,20,27,31H,17,19,21H2/b22-20+. The van der Waals surface area contributed by atoms with Crippen LogP contribution in [0.4, 0.5) is 0 Å². The van der Waals surface area contributed by atoms with Crippen molar-refractivity contribution in [1.29, 1.82) is 0 Å². The molecule has 1 aliphatic heterocycles. The minimum atomic E-state index is -0.503. The zero-order chi connectivity index (χ0) is 21.8. The lowest BCUT2D eigenvalue weighted by Crippen LogP contribution is -2.52. The molecule has 1 N–H and O–H groups in total. The van der Waals surface area contributed by atoms with Crippen LogP contribution in [0.25, 0.3) is 6.08 Å². The normalized spacial score (nSPS) is 18.7. The van der Waals surface area contributed by atoms with E-state index in [1.165, 1.54) is 16.7 Å². The van der Waals surface area contributed by atoms with Crippen LogP contribution < -0.4 is 0 Å². The lowest BCUT2D eigenvalue weighted by atomic mass is 9.74. The number of hydrogen-bond acceptors (Lipinski definition) is 4. The van der Waals surface area contributed by atoms with Crippen molar-refractivity contribution in [3.8, 4) is 0 Å². The largest absolute Gasteiger partial charge is 0.389 e. The van der Waals surface area contributed by atoms with Gasteiger partial charge in [0.25, 0.3) is 0 Å². The fraction of sp³-hybridized carbons (Fsp3) is 0.179. The first-order chi connectivity index (χ1) is 15.8. The van der Waals surface area contributed by atoms with E-state index in [1.54, 1.807) is 6.20 Å². The van der Waals surface area contributed by atoms with Crippen molar-refractivity contribution in [1.82, 2.24) is 10.1 Å². The highest BCUT2D eigenvalue weighted by molar-refractivity contribution is 5.53. The molecular weight excluding hydrogens is 396 g/mol. The Morgan fingerprint density at radius 3 is 1.81 bits per heavy atom. The molecule has 0 saturated carbocycles. The van der Waals surface area contributed by atoms with Crippen LogP contribution in [0.3, 0.4) is 0 Å². The maximum Gasteiger partial charge on any atom is 0.159 e. The fourth-order valence-electron chi connectivity index (χ4n) is 4.87. The average molecular weight is 423 g/mol. The molecular formula is C28H26N2O2. The van der Waals surface area contributed by atoms with E-state index in [1.807, 2.05) is 12.1 Å². The van der Waals surface area contributed by atoms with Gasteiger partial charge in [0.1, 0.15) is 0 Å². The lowest BCUT2D eigenvalue weighted by Gasteiger charge is -2.48. The molecule has 0 aliphatic carbocycles. The third-order valence-electron chi connectivity index (χ3n) is 6.31. The van der Waals surface area contributed by atoms with Gasteiger partial charge in [0.05, 0.1) is 17.8 Å². The van der Waals surface area contributed by atoms with Gasteiger partial charge in [-0.2, -0.15) is 0 Å². The van der Waals surface area contributed by atoms with E-state index in [0.717, 1.165) is 12.1 Å². The molecule has 32 heavy (non-hydrogen) atoms. The highest BCUT2D eigenvalue weighted by atomic mass is 16.5. The first-order valence-electron chi connectivity index (χ1n) is 11.0. The van der Waals surface area contributed by atoms with Gasteiger partial charge in [-0.1, -0.05) is 96.2 Å². The quantitative estimate of drug-likeness (QED) is 0.454. The van der Waals surface area contributed by atoms with E-state index >= 15 is 0 Å². The number of piperidine rings is 1. The van der Waals surface area contributed by atoms with Gasteiger partial charge in [-0.3, -0.25) is 4.90 Å². The molecule has 4 heteroatoms. The minimum Gasteiger partial charge on any atom is -0.389 e. The van der Waals surface area contributed by atoms with Crippen LogP contribution in [0.5, 0.6) is 0 Å². The zero-order valence-electron chi connectivity index (χ0n) is 17.8. The molecule has 1 fully saturated rings. The molecule has 3 aromatic carbocycles. The summed E-state index contributed by atoms with van der Waals surface area (Å²) >= 11 is 0. The van der Waals surface area contributed by atoms with Crippen LogP contribution in [-0.4, -0.2) is 34.4 Å². The molecule has 4 nitrogen and oxygen atoms in total. The van der Waals surface area contributed by atoms with E-state index in [2.05, 4.69) is 101 Å². The zero-order valence-corrected chi connectivity index (χ0v) is 17.8. The summed E-state index contributed by atoms with van der Waals surface area (Å²) in [5.41, 5.74) is 4.04. The van der Waals surface area contributed by atoms with Gasteiger partial charge in [0.15, 0.2) is 5.76 Å². The average Bonchev–Trinajstić information content (AvgIpc) is 3.37. The van der Waals surface area contributed by atoms with Gasteiger partial charge in [0, 0.05) is 19.2 Å². The Hall–Kier alpha value is -3.47. The number of rotatable bonds is 5. The summed E-state index contributed by atoms with van der Waals surface area (Å²) in [5, 5.41) is 14.6. The number of benzene rings is 3. The predicted octanol–water partition coefficient (Wildman–Crippen LogP) is 5.12. The lowest BCUT2D eigenvalue weighted by molar-refractivity contribution is 0.0870. The SMILES string of the molecule is OC1CCN(C(c2ccccc2)(c2ccccc2)c2ccccc2)C/C1=C\c1ccno1. The number of aliphatic hydroxyl groups is 1. The first-order valence-corrected chi connectivity index (χ1v) is 11.0. The van der Waals surface area contributed by atoms with E-state index in [9.17, 15) is 5.11 Å². The number of aromatic nitrogens is 1. The second-order valence-electron chi connectivity index (χ2n) is 8.17. The van der Waals surface area contributed by atoms with Crippen LogP contribution in [-0.2, 0) is 5.54 Å². The van der Waals surface area contributed by atoms with E-state index in [0.29, 0.717) is 18.7 Å². The van der Waals surface area contributed by atoms with Crippen molar-refractivity contribution >= 4 is 6.08 Å². The summed E-state index contributed by atoms with van der Waals surface area (Å²) in [6.07, 6.45) is 3.70. The topological polar surface area (TPSA) is 49.5 Å². The molecule has 0 amide bonds. The predicted molar refractivity (Wildman–Crippen MR) is 126 cm³/mol. The molecule has 4 aromatic rings. The summed E-state index contributed by atoms with van der Waals surface area (Å²) < 4.78 is 5.30. The van der Waals surface area contributed by atoms with Crippen LogP contribution >= 0.6 is 0 Å². The number of likely N-dealkylation sites (tertiary alicyclic amines) is 1. The van der Waals surface area contributed by atoms with Crippen molar-refractivity contribution in [3.05, 3.63) is 131 Å². The van der Waals surface area contributed by atoms with Crippen LogP contribution in [0.2, 0.25) is 0 Å². The molecule has 160 valence electrons. The maximum absolute atomic E-state index is 10.8. The van der Waals surface area contributed by atoms with E-state index in [4.69, 9.17) is 4.52 Å². The molecule has 0 spiro atoms. The molecule has 1 aliphatic rings. The van der Waals surface area contributed by atoms with Crippen molar-refractivity contribution in [2.75, 3.05) is 13.1 Å². The van der Waals surface area contributed by atoms with Gasteiger partial charge in [-0.05, 0) is 34.8 Å². The van der Waals surface area contributed by atoms with Crippen molar-refractivity contribution < 1.29 is 9.63 Å². The van der Waals surface area contributed by atoms with Crippen LogP contribution in [0.15, 0.2) is 113 Å². The summed E-state index contributed by atoms with van der Waals surface area (Å²) in [7, 11) is 0. The van der Waals surface area contributed by atoms with Crippen molar-refractivity contribution in [2.45, 2.75) is 18.1 Å². The Morgan fingerprint density at radius 1 is 0.812 bits per heavy atom. The van der Waals surface area contributed by atoms with Crippen molar-refractivity contribution in [3.63, 3.8) is 0 Å².